The fourth-order valence-electron chi connectivity index (χ4n) is 1.77. The Hall–Kier alpha value is -2.09. The molecular weight excluding hydrogens is 328 g/mol. The van der Waals surface area contributed by atoms with Gasteiger partial charge < -0.3 is 4.74 Å². The maximum atomic E-state index is 11.8. The van der Waals surface area contributed by atoms with Gasteiger partial charge in [0.05, 0.1) is 10.7 Å². The van der Waals surface area contributed by atoms with Gasteiger partial charge in [-0.25, -0.2) is 18.4 Å². The molecule has 0 saturated carbocycles. The molecule has 0 aliphatic rings. The highest BCUT2D eigenvalue weighted by Crippen LogP contribution is 2.28. The molecule has 0 saturated heterocycles. The molecular formula is C14H13ClN2O4S. The second kappa shape index (κ2) is 6.78. The molecule has 1 amide bonds. The van der Waals surface area contributed by atoms with Crippen molar-refractivity contribution in [3.63, 3.8) is 0 Å². The van der Waals surface area contributed by atoms with Crippen molar-refractivity contribution in [1.82, 2.24) is 0 Å². The molecule has 0 atom stereocenters. The lowest BCUT2D eigenvalue weighted by molar-refractivity contribution is 0.155. The van der Waals surface area contributed by atoms with Crippen molar-refractivity contribution in [2.45, 2.75) is 11.5 Å². The van der Waals surface area contributed by atoms with Crippen LogP contribution in [0.1, 0.15) is 5.56 Å². The molecule has 2 rings (SSSR count). The molecule has 0 fully saturated rings. The number of sulfonamides is 1. The van der Waals surface area contributed by atoms with E-state index in [1.165, 1.54) is 18.2 Å². The fourth-order valence-corrected chi connectivity index (χ4v) is 3.03. The van der Waals surface area contributed by atoms with Gasteiger partial charge in [0.25, 0.3) is 0 Å². The number of hydrogen-bond acceptors (Lipinski definition) is 4. The molecule has 0 radical (unpaired) electrons. The average Bonchev–Trinajstić information content (AvgIpc) is 2.45. The molecule has 0 aliphatic carbocycles. The number of benzene rings is 2. The van der Waals surface area contributed by atoms with Crippen molar-refractivity contribution in [3.05, 3.63) is 59.1 Å². The first-order valence-electron chi connectivity index (χ1n) is 6.17. The summed E-state index contributed by atoms with van der Waals surface area (Å²) >= 11 is 5.82. The van der Waals surface area contributed by atoms with Gasteiger partial charge in [-0.3, -0.25) is 5.32 Å². The summed E-state index contributed by atoms with van der Waals surface area (Å²) in [4.78, 5) is 11.4. The zero-order valence-corrected chi connectivity index (χ0v) is 12.9. The number of primary sulfonamides is 1. The van der Waals surface area contributed by atoms with Crippen molar-refractivity contribution in [2.75, 3.05) is 5.32 Å². The van der Waals surface area contributed by atoms with Crippen molar-refractivity contribution in [2.24, 2.45) is 5.14 Å². The van der Waals surface area contributed by atoms with Crippen molar-refractivity contribution in [1.29, 1.82) is 0 Å². The van der Waals surface area contributed by atoms with Crippen LogP contribution in [0.15, 0.2) is 53.4 Å². The smallest absolute Gasteiger partial charge is 0.411 e. The molecule has 116 valence electrons. The molecule has 2 aromatic carbocycles. The highest BCUT2D eigenvalue weighted by molar-refractivity contribution is 7.89. The molecule has 0 spiro atoms. The number of hydrogen-bond donors (Lipinski definition) is 2. The summed E-state index contributed by atoms with van der Waals surface area (Å²) in [5.41, 5.74) is 0.767. The van der Waals surface area contributed by atoms with Gasteiger partial charge in [0.2, 0.25) is 10.0 Å². The quantitative estimate of drug-likeness (QED) is 0.893. The predicted molar refractivity (Wildman–Crippen MR) is 83.1 cm³/mol. The van der Waals surface area contributed by atoms with Crippen LogP contribution in [0.2, 0.25) is 5.02 Å². The SMILES string of the molecule is NS(=O)(=O)c1c(Cl)cccc1NC(=O)OCc1ccccc1. The molecule has 0 aliphatic heterocycles. The number of nitrogens with one attached hydrogen (secondary N) is 1. The van der Waals surface area contributed by atoms with E-state index in [2.05, 4.69) is 5.32 Å². The van der Waals surface area contributed by atoms with Crippen LogP contribution in [0.25, 0.3) is 0 Å². The van der Waals surface area contributed by atoms with Crippen molar-refractivity contribution < 1.29 is 17.9 Å². The third-order valence-electron chi connectivity index (χ3n) is 2.70. The number of rotatable bonds is 4. The topological polar surface area (TPSA) is 98.5 Å². The second-order valence-electron chi connectivity index (χ2n) is 4.35. The zero-order valence-electron chi connectivity index (χ0n) is 11.3. The van der Waals surface area contributed by atoms with Crippen LogP contribution in [0.5, 0.6) is 0 Å². The van der Waals surface area contributed by atoms with Crippen LogP contribution < -0.4 is 10.5 Å². The monoisotopic (exact) mass is 340 g/mol. The summed E-state index contributed by atoms with van der Waals surface area (Å²) in [7, 11) is -4.08. The van der Waals surface area contributed by atoms with E-state index in [9.17, 15) is 13.2 Å². The molecule has 2 aromatic rings. The van der Waals surface area contributed by atoms with Gasteiger partial charge in [0.1, 0.15) is 11.5 Å². The average molecular weight is 341 g/mol. The number of carbonyl (C=O) groups excluding carboxylic acids is 1. The normalized spacial score (nSPS) is 11.0. The van der Waals surface area contributed by atoms with E-state index in [0.717, 1.165) is 5.56 Å². The fraction of sp³-hybridized carbons (Fsp3) is 0.0714. The van der Waals surface area contributed by atoms with E-state index in [1.807, 2.05) is 18.2 Å². The Bertz CT molecular complexity index is 779. The summed E-state index contributed by atoms with van der Waals surface area (Å²) in [6.45, 7) is 0.0535. The van der Waals surface area contributed by atoms with E-state index in [1.54, 1.807) is 12.1 Å². The first kappa shape index (κ1) is 16.3. The maximum absolute atomic E-state index is 11.8. The summed E-state index contributed by atoms with van der Waals surface area (Å²) < 4.78 is 28.1. The van der Waals surface area contributed by atoms with Crippen LogP contribution in [-0.2, 0) is 21.4 Å². The molecule has 22 heavy (non-hydrogen) atoms. The summed E-state index contributed by atoms with van der Waals surface area (Å²) in [6, 6.07) is 13.3. The van der Waals surface area contributed by atoms with E-state index >= 15 is 0 Å². The van der Waals surface area contributed by atoms with Crippen LogP contribution in [0.4, 0.5) is 10.5 Å². The predicted octanol–water partition coefficient (Wildman–Crippen LogP) is 2.74. The van der Waals surface area contributed by atoms with Crippen molar-refractivity contribution >= 4 is 33.4 Å². The molecule has 0 aromatic heterocycles. The number of nitrogens with two attached hydrogens (primary N) is 1. The number of anilines is 1. The third-order valence-corrected chi connectivity index (χ3v) is 4.14. The molecule has 8 heteroatoms. The van der Waals surface area contributed by atoms with Gasteiger partial charge in [0.15, 0.2) is 0 Å². The molecule has 0 heterocycles. The number of carbonyl (C=O) groups is 1. The van der Waals surface area contributed by atoms with Gasteiger partial charge in [-0.15, -0.1) is 0 Å². The van der Waals surface area contributed by atoms with Gasteiger partial charge in [-0.1, -0.05) is 48.0 Å². The Kier molecular flexibility index (Phi) is 5.02. The van der Waals surface area contributed by atoms with Crippen LogP contribution in [-0.4, -0.2) is 14.5 Å². The van der Waals surface area contributed by atoms with Gasteiger partial charge in [-0.2, -0.15) is 0 Å². The van der Waals surface area contributed by atoms with Gasteiger partial charge in [0, 0.05) is 0 Å². The highest BCUT2D eigenvalue weighted by Gasteiger charge is 2.19. The van der Waals surface area contributed by atoms with Gasteiger partial charge in [-0.05, 0) is 17.7 Å². The van der Waals surface area contributed by atoms with Crippen LogP contribution in [0, 0.1) is 0 Å². The van der Waals surface area contributed by atoms with E-state index in [-0.39, 0.29) is 22.2 Å². The second-order valence-corrected chi connectivity index (χ2v) is 6.25. The van der Waals surface area contributed by atoms with E-state index in [0.29, 0.717) is 0 Å². The highest BCUT2D eigenvalue weighted by atomic mass is 35.5. The largest absolute Gasteiger partial charge is 0.444 e. The van der Waals surface area contributed by atoms with Crippen molar-refractivity contribution in [3.8, 4) is 0 Å². The molecule has 0 bridgehead atoms. The Labute approximate surface area is 132 Å². The Morgan fingerprint density at radius 3 is 2.45 bits per heavy atom. The lowest BCUT2D eigenvalue weighted by Crippen LogP contribution is -2.19. The molecule has 3 N–H and O–H groups in total. The Morgan fingerprint density at radius 2 is 1.82 bits per heavy atom. The Balaban J connectivity index is 2.11. The zero-order chi connectivity index (χ0) is 16.2. The summed E-state index contributed by atoms with van der Waals surface area (Å²) in [6.07, 6.45) is -0.809. The van der Waals surface area contributed by atoms with Crippen LogP contribution >= 0.6 is 11.6 Å². The lowest BCUT2D eigenvalue weighted by Gasteiger charge is -2.11. The first-order chi connectivity index (χ1) is 10.4. The lowest BCUT2D eigenvalue weighted by atomic mass is 10.2. The number of halogens is 1. The maximum Gasteiger partial charge on any atom is 0.411 e. The summed E-state index contributed by atoms with van der Waals surface area (Å²) in [5, 5.41) is 7.34. The van der Waals surface area contributed by atoms with Crippen LogP contribution in [0.3, 0.4) is 0 Å². The Morgan fingerprint density at radius 1 is 1.14 bits per heavy atom. The molecule has 0 unspecified atom stereocenters. The minimum atomic E-state index is -4.08. The molecule has 6 nitrogen and oxygen atoms in total. The van der Waals surface area contributed by atoms with E-state index in [4.69, 9.17) is 21.5 Å². The minimum Gasteiger partial charge on any atom is -0.444 e. The minimum absolute atomic E-state index is 0.0342. The first-order valence-corrected chi connectivity index (χ1v) is 8.09. The standard InChI is InChI=1S/C14H13ClN2O4S/c15-11-7-4-8-12(13(11)22(16,19)20)17-14(18)21-9-10-5-2-1-3-6-10/h1-8H,9H2,(H,17,18)(H2,16,19,20). The number of ether oxygens (including phenoxy) is 1. The van der Waals surface area contributed by atoms with Gasteiger partial charge >= 0.3 is 6.09 Å². The number of amides is 1. The van der Waals surface area contributed by atoms with E-state index < -0.39 is 16.1 Å². The third kappa shape index (κ3) is 4.20. The summed E-state index contributed by atoms with van der Waals surface area (Å²) in [5.74, 6) is 0.